The first-order valence-corrected chi connectivity index (χ1v) is 9.97. The van der Waals surface area contributed by atoms with Gasteiger partial charge in [0.25, 0.3) is 5.91 Å². The normalized spacial score (nSPS) is 17.8. The van der Waals surface area contributed by atoms with Crippen LogP contribution in [0.4, 0.5) is 0 Å². The molecule has 0 unspecified atom stereocenters. The molecular formula is C20H20N2O4S2. The second-order valence-corrected chi connectivity index (χ2v) is 8.00. The monoisotopic (exact) mass is 416 g/mol. The van der Waals surface area contributed by atoms with Crippen molar-refractivity contribution in [1.29, 1.82) is 0 Å². The van der Waals surface area contributed by atoms with Crippen molar-refractivity contribution in [3.63, 3.8) is 0 Å². The summed E-state index contributed by atoms with van der Waals surface area (Å²) >= 11 is 6.43. The summed E-state index contributed by atoms with van der Waals surface area (Å²) in [4.78, 5) is 27.1. The fraction of sp³-hybridized carbons (Fsp3) is 0.250. The van der Waals surface area contributed by atoms with Crippen molar-refractivity contribution >= 4 is 46.2 Å². The maximum Gasteiger partial charge on any atom is 0.267 e. The zero-order valence-corrected chi connectivity index (χ0v) is 16.8. The van der Waals surface area contributed by atoms with Crippen molar-refractivity contribution in [2.45, 2.75) is 25.4 Å². The molecule has 1 saturated heterocycles. The van der Waals surface area contributed by atoms with Gasteiger partial charge in [-0.25, -0.2) is 0 Å². The second-order valence-electron chi connectivity index (χ2n) is 6.32. The molecule has 1 aliphatic heterocycles. The lowest BCUT2D eigenvalue weighted by Gasteiger charge is -2.25. The van der Waals surface area contributed by atoms with Crippen molar-refractivity contribution in [3.8, 4) is 0 Å². The maximum atomic E-state index is 12.7. The fourth-order valence-corrected chi connectivity index (χ4v) is 4.21. The number of furan rings is 1. The minimum Gasteiger partial charge on any atom is -0.465 e. The summed E-state index contributed by atoms with van der Waals surface area (Å²) in [6.07, 6.45) is 3.62. The Morgan fingerprint density at radius 2 is 2.07 bits per heavy atom. The van der Waals surface area contributed by atoms with Crippen LogP contribution in [0.5, 0.6) is 0 Å². The van der Waals surface area contributed by atoms with Crippen molar-refractivity contribution in [2.24, 2.45) is 0 Å². The number of aliphatic hydroxyl groups excluding tert-OH is 1. The lowest BCUT2D eigenvalue weighted by Crippen LogP contribution is -2.51. The standard InChI is InChI=1S/C20H20N2O4S2/c1-13(18(24)21-15(12-23)10-14-6-3-2-4-7-14)22-19(25)17(28-20(22)27)11-16-8-5-9-26-16/h2-9,11,13,15,23H,10,12H2,1H3,(H,21,24)/b17-11-/t13-,15+/m1/s1. The Morgan fingerprint density at radius 1 is 1.32 bits per heavy atom. The lowest BCUT2D eigenvalue weighted by molar-refractivity contribution is -0.132. The molecule has 2 amide bonds. The van der Waals surface area contributed by atoms with Crippen LogP contribution in [-0.4, -0.2) is 44.8 Å². The molecule has 0 bridgehead atoms. The van der Waals surface area contributed by atoms with Crippen molar-refractivity contribution < 1.29 is 19.1 Å². The molecule has 0 radical (unpaired) electrons. The predicted molar refractivity (Wildman–Crippen MR) is 112 cm³/mol. The van der Waals surface area contributed by atoms with Crippen LogP contribution in [0.1, 0.15) is 18.2 Å². The summed E-state index contributed by atoms with van der Waals surface area (Å²) in [6.45, 7) is 1.41. The first kappa shape index (κ1) is 20.3. The molecular weight excluding hydrogens is 396 g/mol. The van der Waals surface area contributed by atoms with E-state index in [0.29, 0.717) is 21.4 Å². The third kappa shape index (κ3) is 4.70. The first-order valence-electron chi connectivity index (χ1n) is 8.75. The highest BCUT2D eigenvalue weighted by atomic mass is 32.2. The summed E-state index contributed by atoms with van der Waals surface area (Å²) in [7, 11) is 0. The summed E-state index contributed by atoms with van der Waals surface area (Å²) in [5.41, 5.74) is 1.00. The average molecular weight is 417 g/mol. The van der Waals surface area contributed by atoms with Crippen LogP contribution in [0.15, 0.2) is 58.1 Å². The lowest BCUT2D eigenvalue weighted by atomic mass is 10.1. The smallest absolute Gasteiger partial charge is 0.267 e. The molecule has 0 aliphatic carbocycles. The van der Waals surface area contributed by atoms with Gasteiger partial charge in [0.05, 0.1) is 23.8 Å². The molecule has 0 saturated carbocycles. The number of carbonyl (C=O) groups is 2. The van der Waals surface area contributed by atoms with Gasteiger partial charge in [0.2, 0.25) is 5.91 Å². The number of benzene rings is 1. The number of amides is 2. The van der Waals surface area contributed by atoms with E-state index in [1.807, 2.05) is 30.3 Å². The molecule has 2 N–H and O–H groups in total. The SMILES string of the molecule is C[C@H](C(=O)N[C@H](CO)Cc1ccccc1)N1C(=O)/C(=C/c2ccco2)SC1=S. The number of nitrogens with one attached hydrogen (secondary N) is 1. The Kier molecular flexibility index (Phi) is 6.66. The van der Waals surface area contributed by atoms with Crippen LogP contribution in [0.3, 0.4) is 0 Å². The molecule has 1 aromatic heterocycles. The number of nitrogens with zero attached hydrogens (tertiary/aromatic N) is 1. The number of hydrogen-bond donors (Lipinski definition) is 2. The van der Waals surface area contributed by atoms with Gasteiger partial charge in [0, 0.05) is 6.08 Å². The summed E-state index contributed by atoms with van der Waals surface area (Å²) in [5.74, 6) is -0.163. The van der Waals surface area contributed by atoms with E-state index in [9.17, 15) is 14.7 Å². The Balaban J connectivity index is 1.66. The minimum atomic E-state index is -0.792. The van der Waals surface area contributed by atoms with Crippen LogP contribution in [0, 0.1) is 0 Å². The van der Waals surface area contributed by atoms with Gasteiger partial charge in [-0.2, -0.15) is 0 Å². The second kappa shape index (κ2) is 9.18. The van der Waals surface area contributed by atoms with Crippen LogP contribution < -0.4 is 5.32 Å². The molecule has 6 nitrogen and oxygen atoms in total. The van der Waals surface area contributed by atoms with Crippen LogP contribution in [0.2, 0.25) is 0 Å². The van der Waals surface area contributed by atoms with E-state index in [-0.39, 0.29) is 18.4 Å². The van der Waals surface area contributed by atoms with Gasteiger partial charge in [0.15, 0.2) is 0 Å². The molecule has 3 rings (SSSR count). The molecule has 146 valence electrons. The maximum absolute atomic E-state index is 12.7. The van der Waals surface area contributed by atoms with Crippen LogP contribution >= 0.6 is 24.0 Å². The molecule has 1 aliphatic rings. The van der Waals surface area contributed by atoms with Crippen molar-refractivity contribution in [2.75, 3.05) is 6.61 Å². The van der Waals surface area contributed by atoms with E-state index in [0.717, 1.165) is 17.3 Å². The third-order valence-corrected chi connectivity index (χ3v) is 5.63. The molecule has 1 fully saturated rings. The van der Waals surface area contributed by atoms with E-state index in [2.05, 4.69) is 5.32 Å². The number of thiocarbonyl (C=S) groups is 1. The van der Waals surface area contributed by atoms with Gasteiger partial charge in [0.1, 0.15) is 16.1 Å². The van der Waals surface area contributed by atoms with Crippen LogP contribution in [-0.2, 0) is 16.0 Å². The zero-order valence-electron chi connectivity index (χ0n) is 15.2. The van der Waals surface area contributed by atoms with E-state index < -0.39 is 12.1 Å². The summed E-state index contributed by atoms with van der Waals surface area (Å²) < 4.78 is 5.55. The zero-order chi connectivity index (χ0) is 20.1. The number of hydrogen-bond acceptors (Lipinski definition) is 6. The molecule has 1 aromatic carbocycles. The Bertz CT molecular complexity index is 881. The van der Waals surface area contributed by atoms with Crippen molar-refractivity contribution in [1.82, 2.24) is 10.2 Å². The summed E-state index contributed by atoms with van der Waals surface area (Å²) in [6, 6.07) is 11.8. The van der Waals surface area contributed by atoms with Gasteiger partial charge in [-0.15, -0.1) is 0 Å². The van der Waals surface area contributed by atoms with Gasteiger partial charge in [-0.3, -0.25) is 14.5 Å². The fourth-order valence-electron chi connectivity index (χ4n) is 2.82. The molecule has 2 heterocycles. The first-order chi connectivity index (χ1) is 13.5. The minimum absolute atomic E-state index is 0.204. The third-order valence-electron chi connectivity index (χ3n) is 4.30. The molecule has 0 spiro atoms. The van der Waals surface area contributed by atoms with E-state index in [1.165, 1.54) is 11.2 Å². The number of thioether (sulfide) groups is 1. The quantitative estimate of drug-likeness (QED) is 0.533. The van der Waals surface area contributed by atoms with Gasteiger partial charge < -0.3 is 14.8 Å². The van der Waals surface area contributed by atoms with Gasteiger partial charge >= 0.3 is 0 Å². The number of carbonyl (C=O) groups excluding carboxylic acids is 2. The Morgan fingerprint density at radius 3 is 2.71 bits per heavy atom. The largest absolute Gasteiger partial charge is 0.465 e. The molecule has 28 heavy (non-hydrogen) atoms. The summed E-state index contributed by atoms with van der Waals surface area (Å²) in [5, 5.41) is 12.4. The topological polar surface area (TPSA) is 82.8 Å². The van der Waals surface area contributed by atoms with E-state index in [4.69, 9.17) is 16.6 Å². The average Bonchev–Trinajstić information content (AvgIpc) is 3.29. The van der Waals surface area contributed by atoms with Gasteiger partial charge in [-0.1, -0.05) is 54.3 Å². The number of aliphatic hydroxyl groups is 1. The molecule has 2 atom stereocenters. The highest BCUT2D eigenvalue weighted by Crippen LogP contribution is 2.34. The van der Waals surface area contributed by atoms with Crippen LogP contribution in [0.25, 0.3) is 6.08 Å². The van der Waals surface area contributed by atoms with Gasteiger partial charge in [-0.05, 0) is 31.0 Å². The highest BCUT2D eigenvalue weighted by Gasteiger charge is 2.38. The van der Waals surface area contributed by atoms with E-state index >= 15 is 0 Å². The predicted octanol–water partition coefficient (Wildman–Crippen LogP) is 2.59. The van der Waals surface area contributed by atoms with E-state index in [1.54, 1.807) is 25.1 Å². The Hall–Kier alpha value is -2.42. The molecule has 2 aromatic rings. The van der Waals surface area contributed by atoms with Crippen molar-refractivity contribution in [3.05, 3.63) is 65.0 Å². The molecule has 8 heteroatoms. The Labute approximate surface area is 172 Å². The number of rotatable bonds is 7. The highest BCUT2D eigenvalue weighted by molar-refractivity contribution is 8.26.